The third kappa shape index (κ3) is 2.15. The van der Waals surface area contributed by atoms with Crippen molar-refractivity contribution in [2.24, 2.45) is 5.92 Å². The first-order chi connectivity index (χ1) is 10.3. The van der Waals surface area contributed by atoms with Crippen molar-refractivity contribution in [1.82, 2.24) is 0 Å². The Bertz CT molecular complexity index is 668. The van der Waals surface area contributed by atoms with Gasteiger partial charge >= 0.3 is 0 Å². The van der Waals surface area contributed by atoms with Gasteiger partial charge in [0.1, 0.15) is 0 Å². The molecule has 0 amide bonds. The summed E-state index contributed by atoms with van der Waals surface area (Å²) in [4.78, 5) is 0.398. The molecule has 1 aliphatic carbocycles. The molecule has 0 bridgehead atoms. The lowest BCUT2D eigenvalue weighted by Crippen LogP contribution is -2.19. The number of benzene rings is 2. The van der Waals surface area contributed by atoms with Crippen molar-refractivity contribution in [2.75, 3.05) is 6.61 Å². The number of hydrogen-bond donors (Lipinski definition) is 0. The first-order valence-electron chi connectivity index (χ1n) is 8.08. The topological polar surface area (TPSA) is 9.23 Å². The highest BCUT2D eigenvalue weighted by molar-refractivity contribution is 9.09. The molecule has 3 unspecified atom stereocenters. The number of hydrogen-bond acceptors (Lipinski definition) is 1. The Labute approximate surface area is 134 Å². The molecule has 2 aliphatic rings. The highest BCUT2D eigenvalue weighted by Crippen LogP contribution is 2.44. The Morgan fingerprint density at radius 3 is 2.81 bits per heavy atom. The van der Waals surface area contributed by atoms with Crippen LogP contribution in [0.5, 0.6) is 0 Å². The van der Waals surface area contributed by atoms with Gasteiger partial charge in [-0.3, -0.25) is 0 Å². The van der Waals surface area contributed by atoms with Crippen molar-refractivity contribution >= 4 is 26.7 Å². The number of ether oxygens (including phenoxy) is 1. The molecular weight excluding hydrogens is 324 g/mol. The van der Waals surface area contributed by atoms with Gasteiger partial charge in [-0.2, -0.15) is 0 Å². The van der Waals surface area contributed by atoms with Crippen LogP contribution in [-0.4, -0.2) is 12.7 Å². The third-order valence-corrected chi connectivity index (χ3v) is 6.42. The van der Waals surface area contributed by atoms with Crippen LogP contribution in [0.25, 0.3) is 10.8 Å². The standard InChI is InChI=1S/C19H21BrO/c1-2-17-16(10-11-21-17)19(20)15-9-8-13-7-6-12-4-3-5-14(15)18(12)13/h3-5,8-9,16-17,19H,2,6-7,10-11H2,1H3. The number of alkyl halides is 1. The highest BCUT2D eigenvalue weighted by Gasteiger charge is 2.34. The minimum atomic E-state index is 0.398. The van der Waals surface area contributed by atoms with E-state index < -0.39 is 0 Å². The molecule has 3 atom stereocenters. The monoisotopic (exact) mass is 344 g/mol. The van der Waals surface area contributed by atoms with E-state index in [1.165, 1.54) is 40.3 Å². The van der Waals surface area contributed by atoms with E-state index in [9.17, 15) is 0 Å². The molecule has 0 spiro atoms. The van der Waals surface area contributed by atoms with Gasteiger partial charge in [0.15, 0.2) is 0 Å². The van der Waals surface area contributed by atoms with E-state index in [-0.39, 0.29) is 0 Å². The Morgan fingerprint density at radius 2 is 2.00 bits per heavy atom. The van der Waals surface area contributed by atoms with Crippen LogP contribution < -0.4 is 0 Å². The molecule has 4 rings (SSSR count). The molecule has 1 saturated heterocycles. The molecule has 0 N–H and O–H groups in total. The summed E-state index contributed by atoms with van der Waals surface area (Å²) in [5.74, 6) is 0.591. The number of rotatable bonds is 3. The zero-order valence-corrected chi connectivity index (χ0v) is 14.0. The second-order valence-corrected chi connectivity index (χ2v) is 7.31. The minimum absolute atomic E-state index is 0.398. The van der Waals surface area contributed by atoms with Gasteiger partial charge in [-0.25, -0.2) is 0 Å². The number of aryl methyl sites for hydroxylation is 2. The normalized spacial score (nSPS) is 25.6. The van der Waals surface area contributed by atoms with E-state index in [1.807, 2.05) is 0 Å². The molecule has 0 radical (unpaired) electrons. The largest absolute Gasteiger partial charge is 0.378 e. The lowest BCUT2D eigenvalue weighted by Gasteiger charge is -2.24. The summed E-state index contributed by atoms with van der Waals surface area (Å²) < 4.78 is 5.90. The average molecular weight is 345 g/mol. The van der Waals surface area contributed by atoms with Crippen molar-refractivity contribution in [3.63, 3.8) is 0 Å². The Morgan fingerprint density at radius 1 is 1.19 bits per heavy atom. The van der Waals surface area contributed by atoms with E-state index >= 15 is 0 Å². The van der Waals surface area contributed by atoms with Crippen LogP contribution in [-0.2, 0) is 17.6 Å². The molecule has 0 aromatic heterocycles. The van der Waals surface area contributed by atoms with E-state index in [2.05, 4.69) is 53.2 Å². The maximum absolute atomic E-state index is 5.90. The second-order valence-electron chi connectivity index (χ2n) is 6.33. The molecular formula is C19H21BrO. The summed E-state index contributed by atoms with van der Waals surface area (Å²) in [6.07, 6.45) is 5.07. The molecule has 1 nitrogen and oxygen atoms in total. The lowest BCUT2D eigenvalue weighted by atomic mass is 9.88. The van der Waals surface area contributed by atoms with E-state index in [0.717, 1.165) is 19.4 Å². The Kier molecular flexibility index (Phi) is 3.55. The zero-order valence-electron chi connectivity index (χ0n) is 12.4. The highest BCUT2D eigenvalue weighted by atomic mass is 79.9. The van der Waals surface area contributed by atoms with Gasteiger partial charge in [0, 0.05) is 17.4 Å². The molecule has 2 aromatic carbocycles. The van der Waals surface area contributed by atoms with E-state index in [0.29, 0.717) is 16.8 Å². The van der Waals surface area contributed by atoms with Gasteiger partial charge in [0.05, 0.1) is 6.10 Å². The first kappa shape index (κ1) is 13.8. The first-order valence-corrected chi connectivity index (χ1v) is 9.00. The van der Waals surface area contributed by atoms with Gasteiger partial charge in [-0.15, -0.1) is 0 Å². The second kappa shape index (κ2) is 5.40. The maximum Gasteiger partial charge on any atom is 0.0615 e. The summed E-state index contributed by atoms with van der Waals surface area (Å²) in [5, 5.41) is 2.97. The van der Waals surface area contributed by atoms with Crippen LogP contribution >= 0.6 is 15.9 Å². The summed E-state index contributed by atoms with van der Waals surface area (Å²) >= 11 is 4.00. The molecule has 2 heteroatoms. The van der Waals surface area contributed by atoms with Crippen LogP contribution in [0.3, 0.4) is 0 Å². The van der Waals surface area contributed by atoms with Gasteiger partial charge in [-0.05, 0) is 53.1 Å². The van der Waals surface area contributed by atoms with Crippen molar-refractivity contribution in [1.29, 1.82) is 0 Å². The van der Waals surface area contributed by atoms with Crippen molar-refractivity contribution in [3.05, 3.63) is 47.0 Å². The summed E-state index contributed by atoms with van der Waals surface area (Å²) in [6, 6.07) is 11.5. The van der Waals surface area contributed by atoms with Gasteiger partial charge < -0.3 is 4.74 Å². The summed E-state index contributed by atoms with van der Waals surface area (Å²) in [5.41, 5.74) is 4.50. The average Bonchev–Trinajstić information content (AvgIpc) is 3.15. The van der Waals surface area contributed by atoms with Crippen LogP contribution in [0.4, 0.5) is 0 Å². The predicted molar refractivity (Wildman–Crippen MR) is 91.2 cm³/mol. The van der Waals surface area contributed by atoms with Gasteiger partial charge in [0.25, 0.3) is 0 Å². The van der Waals surface area contributed by atoms with Gasteiger partial charge in [0.2, 0.25) is 0 Å². The molecule has 2 aromatic rings. The Balaban J connectivity index is 1.81. The molecule has 1 heterocycles. The van der Waals surface area contributed by atoms with Crippen LogP contribution in [0.15, 0.2) is 30.3 Å². The van der Waals surface area contributed by atoms with Crippen LogP contribution in [0.2, 0.25) is 0 Å². The van der Waals surface area contributed by atoms with Crippen LogP contribution in [0.1, 0.15) is 41.3 Å². The van der Waals surface area contributed by atoms with Crippen molar-refractivity contribution in [3.8, 4) is 0 Å². The molecule has 21 heavy (non-hydrogen) atoms. The lowest BCUT2D eigenvalue weighted by molar-refractivity contribution is 0.0873. The minimum Gasteiger partial charge on any atom is -0.378 e. The van der Waals surface area contributed by atoms with Gasteiger partial charge in [-0.1, -0.05) is 53.2 Å². The smallest absolute Gasteiger partial charge is 0.0615 e. The molecule has 0 saturated carbocycles. The number of halogens is 1. The van der Waals surface area contributed by atoms with Crippen molar-refractivity contribution < 1.29 is 4.74 Å². The molecule has 1 aliphatic heterocycles. The fourth-order valence-corrected chi connectivity index (χ4v) is 5.16. The van der Waals surface area contributed by atoms with Crippen LogP contribution in [0, 0.1) is 5.92 Å². The zero-order chi connectivity index (χ0) is 14.4. The Hall–Kier alpha value is -0.860. The van der Waals surface area contributed by atoms with Crippen molar-refractivity contribution in [2.45, 2.75) is 43.5 Å². The SMILES string of the molecule is CCC1OCCC1C(Br)c1ccc2c3c(cccc13)CC2. The molecule has 110 valence electrons. The molecule has 1 fully saturated rings. The summed E-state index contributed by atoms with van der Waals surface area (Å²) in [6.45, 7) is 3.14. The maximum atomic E-state index is 5.90. The third-order valence-electron chi connectivity index (χ3n) is 5.25. The van der Waals surface area contributed by atoms with E-state index in [4.69, 9.17) is 4.74 Å². The fraction of sp³-hybridized carbons (Fsp3) is 0.474. The summed E-state index contributed by atoms with van der Waals surface area (Å²) in [7, 11) is 0. The van der Waals surface area contributed by atoms with E-state index in [1.54, 1.807) is 0 Å². The fourth-order valence-electron chi connectivity index (χ4n) is 4.16. The predicted octanol–water partition coefficient (Wildman–Crippen LogP) is 5.19. The quantitative estimate of drug-likeness (QED) is 0.696.